The second-order valence-corrected chi connectivity index (χ2v) is 7.88. The van der Waals surface area contributed by atoms with Gasteiger partial charge < -0.3 is 25.5 Å². The molecule has 0 spiro atoms. The van der Waals surface area contributed by atoms with Crippen LogP contribution in [0.1, 0.15) is 0 Å². The number of pyridine rings is 2. The van der Waals surface area contributed by atoms with E-state index in [1.54, 1.807) is 30.3 Å². The van der Waals surface area contributed by atoms with Crippen molar-refractivity contribution >= 4 is 71.1 Å². The van der Waals surface area contributed by atoms with Crippen LogP contribution >= 0.6 is 0 Å². The van der Waals surface area contributed by atoms with Gasteiger partial charge >= 0.3 is 17.4 Å². The summed E-state index contributed by atoms with van der Waals surface area (Å²) in [6.45, 7) is 0. The number of para-hydroxylation sites is 1. The maximum atomic E-state index is 13.0. The van der Waals surface area contributed by atoms with Gasteiger partial charge in [0.1, 0.15) is 10.1 Å². The molecule has 9 nitrogen and oxygen atoms in total. The number of fused-ring (bicyclic) bond motifs is 4. The summed E-state index contributed by atoms with van der Waals surface area (Å²) in [7, 11) is -4.83. The largest absolute Gasteiger partial charge is 3.00 e. The number of aromatic nitrogens is 2. The number of aromatic amines is 2. The Balaban J connectivity index is 0.00000114. The maximum Gasteiger partial charge on any atom is 3.00 e. The fourth-order valence-electron chi connectivity index (χ4n) is 3.62. The molecule has 5 rings (SSSR count). The Kier molecular flexibility index (Phi) is 6.44. The average Bonchev–Trinajstić information content (AvgIpc) is 2.66. The first-order valence-corrected chi connectivity index (χ1v) is 9.75. The van der Waals surface area contributed by atoms with E-state index < -0.39 is 20.4 Å². The SMILES string of the molecule is O=c1c2ccccc2[nH]c2cc3c(=O)c4c(S(=O)(=O)[O-])cccc4[nH]c3cc12.[Al+3].[OH-].[OH-]. The number of H-pyrrole nitrogens is 2. The van der Waals surface area contributed by atoms with Crippen LogP contribution in [0.25, 0.3) is 43.6 Å². The minimum absolute atomic E-state index is 0. The molecule has 31 heavy (non-hydrogen) atoms. The second-order valence-electron chi connectivity index (χ2n) is 6.53. The third-order valence-corrected chi connectivity index (χ3v) is 5.76. The van der Waals surface area contributed by atoms with Crippen LogP contribution in [0.5, 0.6) is 0 Å². The van der Waals surface area contributed by atoms with Gasteiger partial charge in [0.25, 0.3) is 0 Å². The predicted octanol–water partition coefficient (Wildman–Crippen LogP) is 1.85. The van der Waals surface area contributed by atoms with Crippen molar-refractivity contribution < 1.29 is 23.9 Å². The van der Waals surface area contributed by atoms with E-state index in [1.807, 2.05) is 0 Å². The van der Waals surface area contributed by atoms with Crippen LogP contribution in [0.2, 0.25) is 0 Å². The van der Waals surface area contributed by atoms with E-state index in [2.05, 4.69) is 9.97 Å². The maximum absolute atomic E-state index is 13.0. The topological polar surface area (TPSA) is 183 Å². The zero-order chi connectivity index (χ0) is 19.6. The first kappa shape index (κ1) is 24.2. The summed E-state index contributed by atoms with van der Waals surface area (Å²) in [5.41, 5.74) is 0.901. The number of rotatable bonds is 1. The minimum Gasteiger partial charge on any atom is -0.870 e. The van der Waals surface area contributed by atoms with Gasteiger partial charge in [-0.1, -0.05) is 18.2 Å². The Bertz CT molecular complexity index is 1690. The molecular formula is C20H13AlN2O7S. The van der Waals surface area contributed by atoms with Crippen LogP contribution in [0.3, 0.4) is 0 Å². The molecule has 0 saturated carbocycles. The Morgan fingerprint density at radius 1 is 0.677 bits per heavy atom. The molecule has 2 heterocycles. The van der Waals surface area contributed by atoms with Gasteiger partial charge in [0.05, 0.1) is 26.8 Å². The number of benzene rings is 3. The van der Waals surface area contributed by atoms with Crippen molar-refractivity contribution in [3.05, 3.63) is 75.0 Å². The molecule has 3 aromatic carbocycles. The molecule has 154 valence electrons. The summed E-state index contributed by atoms with van der Waals surface area (Å²) in [5.74, 6) is 0. The summed E-state index contributed by atoms with van der Waals surface area (Å²) in [4.78, 5) is 31.4. The molecular weight excluding hydrogens is 439 g/mol. The van der Waals surface area contributed by atoms with E-state index in [4.69, 9.17) is 0 Å². The van der Waals surface area contributed by atoms with Crippen LogP contribution in [-0.2, 0) is 10.1 Å². The predicted molar refractivity (Wildman–Crippen MR) is 115 cm³/mol. The Labute approximate surface area is 184 Å². The van der Waals surface area contributed by atoms with Crippen molar-refractivity contribution in [1.29, 1.82) is 0 Å². The molecule has 0 fully saturated rings. The molecule has 2 aromatic heterocycles. The molecule has 0 radical (unpaired) electrons. The fraction of sp³-hybridized carbons (Fsp3) is 0. The van der Waals surface area contributed by atoms with Gasteiger partial charge in [0.2, 0.25) is 0 Å². The number of hydrogen-bond acceptors (Lipinski definition) is 7. The molecule has 0 atom stereocenters. The van der Waals surface area contributed by atoms with Crippen LogP contribution in [-0.4, -0.2) is 51.3 Å². The van der Waals surface area contributed by atoms with E-state index >= 15 is 0 Å². The van der Waals surface area contributed by atoms with Crippen molar-refractivity contribution in [3.63, 3.8) is 0 Å². The van der Waals surface area contributed by atoms with Crippen molar-refractivity contribution in [2.24, 2.45) is 0 Å². The van der Waals surface area contributed by atoms with Crippen LogP contribution in [0.15, 0.2) is 69.1 Å². The normalized spacial score (nSPS) is 11.1. The molecule has 0 bridgehead atoms. The molecule has 11 heteroatoms. The Morgan fingerprint density at radius 3 is 1.87 bits per heavy atom. The van der Waals surface area contributed by atoms with Crippen molar-refractivity contribution in [3.8, 4) is 0 Å². The zero-order valence-corrected chi connectivity index (χ0v) is 17.6. The first-order valence-electron chi connectivity index (χ1n) is 8.34. The quantitative estimate of drug-likeness (QED) is 0.221. The Hall–Kier alpha value is -3.04. The van der Waals surface area contributed by atoms with Crippen molar-refractivity contribution in [2.75, 3.05) is 0 Å². The van der Waals surface area contributed by atoms with E-state index in [-0.39, 0.29) is 50.0 Å². The molecule has 0 amide bonds. The van der Waals surface area contributed by atoms with Crippen LogP contribution < -0.4 is 10.9 Å². The van der Waals surface area contributed by atoms with Gasteiger partial charge in [-0.15, -0.1) is 0 Å². The molecule has 0 aliphatic carbocycles. The van der Waals surface area contributed by atoms with E-state index in [9.17, 15) is 22.6 Å². The number of nitrogens with one attached hydrogen (secondary N) is 2. The van der Waals surface area contributed by atoms with Crippen LogP contribution in [0, 0.1) is 0 Å². The molecule has 0 saturated heterocycles. The summed E-state index contributed by atoms with van der Waals surface area (Å²) >= 11 is 0. The van der Waals surface area contributed by atoms with Crippen molar-refractivity contribution in [1.82, 2.24) is 9.97 Å². The van der Waals surface area contributed by atoms with Crippen LogP contribution in [0.4, 0.5) is 0 Å². The van der Waals surface area contributed by atoms with E-state index in [1.165, 1.54) is 18.2 Å². The average molecular weight is 452 g/mol. The summed E-state index contributed by atoms with van der Waals surface area (Å²) in [6, 6.07) is 14.1. The monoisotopic (exact) mass is 452 g/mol. The minimum atomic E-state index is -4.83. The van der Waals surface area contributed by atoms with E-state index in [0.717, 1.165) is 6.07 Å². The fourth-order valence-corrected chi connectivity index (χ4v) is 4.32. The smallest absolute Gasteiger partial charge is 0.870 e. The zero-order valence-electron chi connectivity index (χ0n) is 15.6. The third-order valence-electron chi connectivity index (χ3n) is 4.88. The van der Waals surface area contributed by atoms with Gasteiger partial charge in [-0.05, 0) is 36.4 Å². The summed E-state index contributed by atoms with van der Waals surface area (Å²) in [6.07, 6.45) is 0. The van der Waals surface area contributed by atoms with Gasteiger partial charge in [0.15, 0.2) is 10.9 Å². The summed E-state index contributed by atoms with van der Waals surface area (Å²) < 4.78 is 34.7. The van der Waals surface area contributed by atoms with Gasteiger partial charge in [0, 0.05) is 21.7 Å². The van der Waals surface area contributed by atoms with Gasteiger partial charge in [-0.25, -0.2) is 8.42 Å². The second kappa shape index (κ2) is 8.24. The molecule has 5 aromatic rings. The Morgan fingerprint density at radius 2 is 1.23 bits per heavy atom. The third kappa shape index (κ3) is 3.64. The van der Waals surface area contributed by atoms with Gasteiger partial charge in [-0.2, -0.15) is 0 Å². The first-order chi connectivity index (χ1) is 13.3. The standard InChI is InChI=1S/C20H12N2O5S.Al.2H2O/c23-19-10-4-1-2-5-13(10)21-15-9-12-16(8-11(15)19)22-14-6-3-7-17(28(25,26)27)18(14)20(12)24;;;/h1-9H,(H,21,23)(H,22,24)(H,25,26,27);;2*1H2/q;+3;;/p-3. The molecule has 4 N–H and O–H groups in total. The van der Waals surface area contributed by atoms with Gasteiger partial charge in [-0.3, -0.25) is 9.59 Å². The van der Waals surface area contributed by atoms with E-state index in [0.29, 0.717) is 27.3 Å². The summed E-state index contributed by atoms with van der Waals surface area (Å²) in [5, 5.41) is 0.917. The number of hydrogen-bond donors (Lipinski definition) is 2. The molecule has 0 aliphatic heterocycles. The molecule has 0 aliphatic rings. The van der Waals surface area contributed by atoms with Crippen molar-refractivity contribution in [2.45, 2.75) is 4.90 Å². The molecule has 0 unspecified atom stereocenters.